The Labute approximate surface area is 125 Å². The van der Waals surface area contributed by atoms with Gasteiger partial charge < -0.3 is 10.6 Å². The van der Waals surface area contributed by atoms with Crippen LogP contribution in [0.25, 0.3) is 0 Å². The lowest BCUT2D eigenvalue weighted by atomic mass is 10.1. The van der Waals surface area contributed by atoms with Gasteiger partial charge in [0, 0.05) is 29.8 Å². The van der Waals surface area contributed by atoms with Gasteiger partial charge in [0.1, 0.15) is 5.69 Å². The zero-order chi connectivity index (χ0) is 15.4. The van der Waals surface area contributed by atoms with Crippen molar-refractivity contribution in [1.29, 1.82) is 0 Å². The highest BCUT2D eigenvalue weighted by atomic mass is 32.1. The first-order chi connectivity index (χ1) is 10.0. The van der Waals surface area contributed by atoms with Crippen LogP contribution in [0.4, 0.5) is 11.4 Å². The molecule has 1 amide bonds. The van der Waals surface area contributed by atoms with Crippen molar-refractivity contribution in [2.24, 2.45) is 0 Å². The largest absolute Gasteiger partial charge is 0.383 e. The third kappa shape index (κ3) is 3.54. The average molecular weight is 306 g/mol. The fourth-order valence-corrected chi connectivity index (χ4v) is 2.53. The molecule has 0 spiro atoms. The quantitative estimate of drug-likeness (QED) is 0.652. The van der Waals surface area contributed by atoms with Crippen LogP contribution in [0.3, 0.4) is 0 Å². The van der Waals surface area contributed by atoms with Gasteiger partial charge in [-0.1, -0.05) is 0 Å². The summed E-state index contributed by atoms with van der Waals surface area (Å²) >= 11 is 1.49. The first-order valence-electron chi connectivity index (χ1n) is 6.17. The summed E-state index contributed by atoms with van der Waals surface area (Å²) in [5.41, 5.74) is 0.496. The number of aromatic nitrogens is 1. The molecule has 110 valence electrons. The summed E-state index contributed by atoms with van der Waals surface area (Å²) in [6.07, 6.45) is 1.70. The van der Waals surface area contributed by atoms with Gasteiger partial charge in [0.2, 0.25) is 0 Å². The summed E-state index contributed by atoms with van der Waals surface area (Å²) in [4.78, 5) is 27.5. The van der Waals surface area contributed by atoms with Crippen molar-refractivity contribution < 1.29 is 9.72 Å². The number of nitro groups is 1. The van der Waals surface area contributed by atoms with Gasteiger partial charge >= 0.3 is 0 Å². The van der Waals surface area contributed by atoms with Gasteiger partial charge in [0.15, 0.2) is 0 Å². The zero-order valence-electron chi connectivity index (χ0n) is 11.5. The van der Waals surface area contributed by atoms with Crippen LogP contribution in [0, 0.1) is 17.0 Å². The molecule has 0 unspecified atom stereocenters. The summed E-state index contributed by atoms with van der Waals surface area (Å²) in [5, 5.41) is 17.3. The molecule has 0 saturated heterocycles. The molecule has 8 heteroatoms. The third-order valence-electron chi connectivity index (χ3n) is 2.82. The molecular weight excluding hydrogens is 292 g/mol. The van der Waals surface area contributed by atoms with Crippen molar-refractivity contribution in [3.63, 3.8) is 0 Å². The van der Waals surface area contributed by atoms with Crippen molar-refractivity contribution in [2.75, 3.05) is 12.4 Å². The van der Waals surface area contributed by atoms with Crippen LogP contribution in [-0.2, 0) is 6.54 Å². The average Bonchev–Trinajstić information content (AvgIpc) is 2.89. The minimum absolute atomic E-state index is 0.126. The second kappa shape index (κ2) is 6.31. The third-order valence-corrected chi connectivity index (χ3v) is 3.73. The van der Waals surface area contributed by atoms with Gasteiger partial charge in [-0.25, -0.2) is 4.98 Å². The minimum Gasteiger partial charge on any atom is -0.383 e. The van der Waals surface area contributed by atoms with Gasteiger partial charge in [0.25, 0.3) is 11.6 Å². The number of hydrogen-bond donors (Lipinski definition) is 2. The second-order valence-electron chi connectivity index (χ2n) is 4.27. The Morgan fingerprint density at radius 3 is 2.81 bits per heavy atom. The summed E-state index contributed by atoms with van der Waals surface area (Å²) in [5.74, 6) is -0.355. The molecule has 0 aliphatic carbocycles. The summed E-state index contributed by atoms with van der Waals surface area (Å²) in [6.45, 7) is 2.24. The second-order valence-corrected chi connectivity index (χ2v) is 5.59. The Bertz CT molecular complexity index is 684. The molecule has 0 fully saturated rings. The number of thiazole rings is 1. The zero-order valence-corrected chi connectivity index (χ0v) is 12.4. The van der Waals surface area contributed by atoms with Crippen molar-refractivity contribution in [3.8, 4) is 0 Å². The highest BCUT2D eigenvalue weighted by molar-refractivity contribution is 7.11. The van der Waals surface area contributed by atoms with Crippen LogP contribution in [0.1, 0.15) is 20.2 Å². The van der Waals surface area contributed by atoms with Crippen LogP contribution in [0.5, 0.6) is 0 Å². The molecule has 2 N–H and O–H groups in total. The van der Waals surface area contributed by atoms with E-state index in [2.05, 4.69) is 15.6 Å². The monoisotopic (exact) mass is 306 g/mol. The fourth-order valence-electron chi connectivity index (χ4n) is 1.79. The van der Waals surface area contributed by atoms with Crippen LogP contribution < -0.4 is 10.6 Å². The van der Waals surface area contributed by atoms with Crippen LogP contribution in [-0.4, -0.2) is 22.9 Å². The number of nitrogens with zero attached hydrogens (tertiary/aromatic N) is 2. The van der Waals surface area contributed by atoms with Gasteiger partial charge in [-0.05, 0) is 19.1 Å². The Hall–Kier alpha value is -2.48. The summed E-state index contributed by atoms with van der Waals surface area (Å²) in [6, 6.07) is 4.33. The van der Waals surface area contributed by atoms with Gasteiger partial charge in [0.05, 0.1) is 16.5 Å². The molecular formula is C13H14N4O3S. The highest BCUT2D eigenvalue weighted by Gasteiger charge is 2.16. The number of hydrogen-bond acceptors (Lipinski definition) is 6. The van der Waals surface area contributed by atoms with Crippen LogP contribution in [0.15, 0.2) is 24.4 Å². The Kier molecular flexibility index (Phi) is 4.49. The van der Waals surface area contributed by atoms with E-state index >= 15 is 0 Å². The lowest BCUT2D eigenvalue weighted by Gasteiger charge is -2.06. The lowest BCUT2D eigenvalue weighted by molar-refractivity contribution is -0.384. The van der Waals surface area contributed by atoms with E-state index in [0.717, 1.165) is 9.88 Å². The predicted molar refractivity (Wildman–Crippen MR) is 80.7 cm³/mol. The lowest BCUT2D eigenvalue weighted by Crippen LogP contribution is -2.22. The molecule has 0 aliphatic rings. The molecule has 0 bridgehead atoms. The summed E-state index contributed by atoms with van der Waals surface area (Å²) < 4.78 is 0. The predicted octanol–water partition coefficient (Wildman–Crippen LogP) is 2.33. The Morgan fingerprint density at radius 1 is 1.48 bits per heavy atom. The van der Waals surface area contributed by atoms with Gasteiger partial charge in [-0.15, -0.1) is 11.3 Å². The van der Waals surface area contributed by atoms with Gasteiger partial charge in [-0.3, -0.25) is 14.9 Å². The first-order valence-corrected chi connectivity index (χ1v) is 6.98. The summed E-state index contributed by atoms with van der Waals surface area (Å²) in [7, 11) is 1.59. The number of amides is 1. The molecule has 2 aromatic rings. The number of benzene rings is 1. The van der Waals surface area contributed by atoms with E-state index in [4.69, 9.17) is 0 Å². The topological polar surface area (TPSA) is 97.2 Å². The molecule has 1 heterocycles. The number of aryl methyl sites for hydroxylation is 1. The number of anilines is 1. The van der Waals surface area contributed by atoms with E-state index in [1.807, 2.05) is 6.92 Å². The molecule has 7 nitrogen and oxygen atoms in total. The van der Waals surface area contributed by atoms with Crippen LogP contribution >= 0.6 is 11.3 Å². The van der Waals surface area contributed by atoms with Crippen molar-refractivity contribution in [1.82, 2.24) is 10.3 Å². The molecule has 0 atom stereocenters. The van der Waals surface area contributed by atoms with Crippen molar-refractivity contribution in [2.45, 2.75) is 13.5 Å². The minimum atomic E-state index is -0.519. The number of rotatable bonds is 5. The van der Waals surface area contributed by atoms with E-state index in [1.54, 1.807) is 19.3 Å². The van der Waals surface area contributed by atoms with E-state index < -0.39 is 4.92 Å². The smallest absolute Gasteiger partial charge is 0.293 e. The van der Waals surface area contributed by atoms with E-state index in [-0.39, 0.29) is 17.2 Å². The molecule has 2 rings (SSSR count). The number of carbonyl (C=O) groups excluding carboxylic acids is 1. The molecule has 0 saturated carbocycles. The van der Waals surface area contributed by atoms with Crippen LogP contribution in [0.2, 0.25) is 0 Å². The van der Waals surface area contributed by atoms with E-state index in [1.165, 1.54) is 23.5 Å². The normalized spacial score (nSPS) is 10.2. The highest BCUT2D eigenvalue weighted by Crippen LogP contribution is 2.25. The van der Waals surface area contributed by atoms with Gasteiger partial charge in [-0.2, -0.15) is 0 Å². The molecule has 1 aromatic heterocycles. The van der Waals surface area contributed by atoms with E-state index in [9.17, 15) is 14.9 Å². The molecule has 0 aliphatic heterocycles. The Morgan fingerprint density at radius 2 is 2.24 bits per heavy atom. The van der Waals surface area contributed by atoms with E-state index in [0.29, 0.717) is 12.2 Å². The van der Waals surface area contributed by atoms with Crippen molar-refractivity contribution >= 4 is 28.6 Å². The fraction of sp³-hybridized carbons (Fsp3) is 0.231. The standard InChI is InChI=1S/C13H14N4O3S/c1-8-15-6-10(21-8)7-16-13(18)9-3-4-11(14-2)12(5-9)17(19)20/h3-6,14H,7H2,1-2H3,(H,16,18). The molecule has 0 radical (unpaired) electrons. The molecule has 21 heavy (non-hydrogen) atoms. The first kappa shape index (κ1) is 14.9. The number of nitro benzene ring substituents is 1. The number of carbonyl (C=O) groups is 1. The Balaban J connectivity index is 2.12. The SMILES string of the molecule is CNc1ccc(C(=O)NCc2cnc(C)s2)cc1[N+](=O)[O-]. The maximum absolute atomic E-state index is 12.0. The maximum atomic E-state index is 12.0. The molecule has 1 aromatic carbocycles. The maximum Gasteiger partial charge on any atom is 0.293 e. The van der Waals surface area contributed by atoms with Crippen molar-refractivity contribution in [3.05, 3.63) is 50.0 Å². The number of nitrogens with one attached hydrogen (secondary N) is 2.